The Labute approximate surface area is 191 Å². The third-order valence-corrected chi connectivity index (χ3v) is 8.05. The Morgan fingerprint density at radius 1 is 1.03 bits per heavy atom. The second kappa shape index (κ2) is 7.89. The summed E-state index contributed by atoms with van der Waals surface area (Å²) in [6.45, 7) is 2.50. The molecule has 0 spiro atoms. The minimum atomic E-state index is -3.51. The normalized spacial score (nSPS) is 19.5. The lowest BCUT2D eigenvalue weighted by atomic mass is 10.1. The van der Waals surface area contributed by atoms with Crippen LogP contribution < -0.4 is 4.90 Å². The molecule has 8 heteroatoms. The number of nitrogens with zero attached hydrogens (tertiary/aromatic N) is 3. The quantitative estimate of drug-likeness (QED) is 0.617. The van der Waals surface area contributed by atoms with E-state index >= 15 is 0 Å². The summed E-state index contributed by atoms with van der Waals surface area (Å²) in [4.78, 5) is 22.1. The molecule has 0 unspecified atom stereocenters. The molecule has 1 aromatic heterocycles. The van der Waals surface area contributed by atoms with E-state index < -0.39 is 9.84 Å². The molecule has 1 aromatic carbocycles. The summed E-state index contributed by atoms with van der Waals surface area (Å²) < 4.78 is 25.1. The van der Waals surface area contributed by atoms with Gasteiger partial charge in [-0.1, -0.05) is 22.0 Å². The van der Waals surface area contributed by atoms with Gasteiger partial charge in [0, 0.05) is 43.1 Å². The maximum absolute atomic E-state index is 13.1. The first-order chi connectivity index (χ1) is 14.8. The van der Waals surface area contributed by atoms with Gasteiger partial charge >= 0.3 is 0 Å². The van der Waals surface area contributed by atoms with Crippen LogP contribution in [-0.4, -0.2) is 56.6 Å². The zero-order valence-corrected chi connectivity index (χ0v) is 20.0. The van der Waals surface area contributed by atoms with Crippen molar-refractivity contribution in [2.75, 3.05) is 37.3 Å². The van der Waals surface area contributed by atoms with Gasteiger partial charge in [-0.05, 0) is 66.8 Å². The van der Waals surface area contributed by atoms with Crippen molar-refractivity contribution in [2.24, 2.45) is 0 Å². The molecule has 164 valence electrons. The molecular weight excluding hydrogens is 478 g/mol. The second-order valence-electron chi connectivity index (χ2n) is 8.92. The van der Waals surface area contributed by atoms with Crippen molar-refractivity contribution in [3.63, 3.8) is 0 Å². The van der Waals surface area contributed by atoms with E-state index in [0.717, 1.165) is 12.1 Å². The molecule has 3 fully saturated rings. The van der Waals surface area contributed by atoms with Gasteiger partial charge in [-0.2, -0.15) is 0 Å². The first-order valence-electron chi connectivity index (χ1n) is 10.8. The van der Waals surface area contributed by atoms with E-state index in [4.69, 9.17) is 4.98 Å². The van der Waals surface area contributed by atoms with Crippen molar-refractivity contribution >= 4 is 37.5 Å². The molecule has 5 rings (SSSR count). The summed E-state index contributed by atoms with van der Waals surface area (Å²) in [5.41, 5.74) is 2.99. The van der Waals surface area contributed by atoms with Crippen LogP contribution in [0.25, 0.3) is 0 Å². The molecule has 2 heterocycles. The molecule has 3 aliphatic rings. The van der Waals surface area contributed by atoms with Gasteiger partial charge in [0.05, 0.1) is 10.5 Å². The monoisotopic (exact) mass is 503 g/mol. The van der Waals surface area contributed by atoms with E-state index in [1.54, 1.807) is 17.0 Å². The number of halogens is 1. The molecule has 0 N–H and O–H groups in total. The number of rotatable bonds is 5. The first kappa shape index (κ1) is 20.9. The van der Waals surface area contributed by atoms with Crippen molar-refractivity contribution in [3.8, 4) is 0 Å². The fourth-order valence-electron chi connectivity index (χ4n) is 4.36. The number of carbonyl (C=O) groups is 1. The van der Waals surface area contributed by atoms with Crippen molar-refractivity contribution in [1.82, 2.24) is 9.88 Å². The zero-order valence-electron chi connectivity index (χ0n) is 17.6. The van der Waals surface area contributed by atoms with E-state index in [2.05, 4.69) is 26.9 Å². The van der Waals surface area contributed by atoms with Gasteiger partial charge in [0.25, 0.3) is 5.91 Å². The number of piperazine rings is 1. The molecule has 1 aliphatic heterocycles. The molecule has 1 saturated heterocycles. The number of hydrogen-bond acceptors (Lipinski definition) is 5. The van der Waals surface area contributed by atoms with Crippen LogP contribution >= 0.6 is 15.9 Å². The Morgan fingerprint density at radius 2 is 1.71 bits per heavy atom. The summed E-state index contributed by atoms with van der Waals surface area (Å²) in [6, 6.07) is 7.19. The summed E-state index contributed by atoms with van der Waals surface area (Å²) >= 11 is 3.31. The maximum atomic E-state index is 13.1. The van der Waals surface area contributed by atoms with Gasteiger partial charge in [-0.3, -0.25) is 4.79 Å². The van der Waals surface area contributed by atoms with E-state index in [0.29, 0.717) is 42.5 Å². The van der Waals surface area contributed by atoms with E-state index in [-0.39, 0.29) is 16.4 Å². The fourth-order valence-corrected chi connectivity index (χ4v) is 5.77. The summed E-state index contributed by atoms with van der Waals surface area (Å²) in [5, 5.41) is 0. The molecular formula is C23H26BrN3O3S. The largest absolute Gasteiger partial charge is 0.353 e. The van der Waals surface area contributed by atoms with Gasteiger partial charge in [-0.15, -0.1) is 0 Å². The zero-order chi connectivity index (χ0) is 21.8. The SMILES string of the molecule is CS(=O)(=O)c1cc(Br)ccc1C(=O)N1CCN(c2ncc(C3CC3)cc2C2CC2)CC1. The Morgan fingerprint density at radius 3 is 2.32 bits per heavy atom. The fraction of sp³-hybridized carbons (Fsp3) is 0.478. The molecule has 1 amide bonds. The standard InChI is InChI=1S/C23H26BrN3O3S/c1-31(29,30)21-13-18(24)6-7-19(21)23(28)27-10-8-26(9-11-27)22-20(16-4-5-16)12-17(14-25-22)15-2-3-15/h6-7,12-16H,2-5,8-11H2,1H3. The highest BCUT2D eigenvalue weighted by atomic mass is 79.9. The van der Waals surface area contributed by atoms with Crippen molar-refractivity contribution in [1.29, 1.82) is 0 Å². The molecule has 0 bridgehead atoms. The minimum absolute atomic E-state index is 0.0719. The van der Waals surface area contributed by atoms with Crippen LogP contribution in [0.3, 0.4) is 0 Å². The smallest absolute Gasteiger partial charge is 0.255 e. The third kappa shape index (κ3) is 4.37. The maximum Gasteiger partial charge on any atom is 0.255 e. The lowest BCUT2D eigenvalue weighted by molar-refractivity contribution is 0.0742. The average Bonchev–Trinajstić information content (AvgIpc) is 3.64. The van der Waals surface area contributed by atoms with Crippen LogP contribution in [0.1, 0.15) is 59.0 Å². The first-order valence-corrected chi connectivity index (χ1v) is 13.5. The summed E-state index contributed by atoms with van der Waals surface area (Å²) in [5.74, 6) is 2.16. The molecule has 0 atom stereocenters. The Kier molecular flexibility index (Phi) is 5.33. The molecule has 31 heavy (non-hydrogen) atoms. The second-order valence-corrected chi connectivity index (χ2v) is 11.8. The lowest BCUT2D eigenvalue weighted by Gasteiger charge is -2.36. The Balaban J connectivity index is 1.33. The molecule has 0 radical (unpaired) electrons. The highest BCUT2D eigenvalue weighted by Gasteiger charge is 2.33. The summed E-state index contributed by atoms with van der Waals surface area (Å²) in [6.07, 6.45) is 8.20. The predicted molar refractivity (Wildman–Crippen MR) is 124 cm³/mol. The molecule has 6 nitrogen and oxygen atoms in total. The molecule has 2 aliphatic carbocycles. The third-order valence-electron chi connectivity index (χ3n) is 6.42. The molecule has 2 saturated carbocycles. The van der Waals surface area contributed by atoms with Crippen molar-refractivity contribution in [3.05, 3.63) is 51.6 Å². The predicted octanol–water partition coefficient (Wildman–Crippen LogP) is 3.96. The lowest BCUT2D eigenvalue weighted by Crippen LogP contribution is -2.49. The van der Waals surface area contributed by atoms with Gasteiger partial charge in [-0.25, -0.2) is 13.4 Å². The minimum Gasteiger partial charge on any atom is -0.353 e. The van der Waals surface area contributed by atoms with E-state index in [1.165, 1.54) is 42.9 Å². The average molecular weight is 504 g/mol. The summed E-state index contributed by atoms with van der Waals surface area (Å²) in [7, 11) is -3.51. The number of anilines is 1. The number of benzene rings is 1. The Bertz CT molecular complexity index is 1130. The van der Waals surface area contributed by atoms with Crippen LogP contribution in [0, 0.1) is 0 Å². The number of carbonyl (C=O) groups excluding carboxylic acids is 1. The number of aromatic nitrogens is 1. The Hall–Kier alpha value is -1.93. The number of hydrogen-bond donors (Lipinski definition) is 0. The number of amides is 1. The van der Waals surface area contributed by atoms with E-state index in [1.807, 2.05) is 6.20 Å². The highest BCUT2D eigenvalue weighted by Crippen LogP contribution is 2.47. The van der Waals surface area contributed by atoms with Crippen LogP contribution in [-0.2, 0) is 9.84 Å². The van der Waals surface area contributed by atoms with Crippen LogP contribution in [0.15, 0.2) is 39.8 Å². The van der Waals surface area contributed by atoms with Crippen molar-refractivity contribution < 1.29 is 13.2 Å². The van der Waals surface area contributed by atoms with Gasteiger partial charge < -0.3 is 9.80 Å². The van der Waals surface area contributed by atoms with Gasteiger partial charge in [0.2, 0.25) is 0 Å². The topological polar surface area (TPSA) is 70.6 Å². The van der Waals surface area contributed by atoms with Crippen molar-refractivity contribution in [2.45, 2.75) is 42.4 Å². The highest BCUT2D eigenvalue weighted by molar-refractivity contribution is 9.10. The number of sulfone groups is 1. The number of pyridine rings is 1. The van der Waals surface area contributed by atoms with Gasteiger partial charge in [0.1, 0.15) is 5.82 Å². The van der Waals surface area contributed by atoms with Gasteiger partial charge in [0.15, 0.2) is 9.84 Å². The molecule has 2 aromatic rings. The van der Waals surface area contributed by atoms with Crippen LogP contribution in [0.4, 0.5) is 5.82 Å². The van der Waals surface area contributed by atoms with Crippen LogP contribution in [0.5, 0.6) is 0 Å². The van der Waals surface area contributed by atoms with Crippen LogP contribution in [0.2, 0.25) is 0 Å². The van der Waals surface area contributed by atoms with E-state index in [9.17, 15) is 13.2 Å².